The molecule has 0 aromatic heterocycles. The fourth-order valence-corrected chi connectivity index (χ4v) is 4.99. The van der Waals surface area contributed by atoms with E-state index in [0.29, 0.717) is 26.1 Å². The number of hydrogen-bond acceptors (Lipinski definition) is 4. The van der Waals surface area contributed by atoms with Crippen molar-refractivity contribution in [3.05, 3.63) is 72.8 Å². The van der Waals surface area contributed by atoms with Crippen molar-refractivity contribution in [3.63, 3.8) is 0 Å². The Hall–Kier alpha value is -3.66. The highest BCUT2D eigenvalue weighted by molar-refractivity contribution is 6.09. The van der Waals surface area contributed by atoms with Gasteiger partial charge in [0.25, 0.3) is 0 Å². The molecule has 0 bridgehead atoms. The zero-order chi connectivity index (χ0) is 26.4. The number of benzene rings is 4. The van der Waals surface area contributed by atoms with Gasteiger partial charge in [-0.2, -0.15) is 0 Å². The van der Waals surface area contributed by atoms with Gasteiger partial charge in [-0.15, -0.1) is 0 Å². The van der Waals surface area contributed by atoms with Crippen LogP contribution in [0.5, 0.6) is 11.5 Å². The predicted molar refractivity (Wildman–Crippen MR) is 156 cm³/mol. The minimum atomic E-state index is 0.633. The lowest BCUT2D eigenvalue weighted by atomic mass is 9.92. The van der Waals surface area contributed by atoms with Gasteiger partial charge < -0.3 is 19.1 Å². The summed E-state index contributed by atoms with van der Waals surface area (Å²) in [6, 6.07) is 25.3. The normalized spacial score (nSPS) is 11.1. The van der Waals surface area contributed by atoms with Crippen LogP contribution in [0.3, 0.4) is 0 Å². The number of aldehydes is 2. The molecule has 38 heavy (non-hydrogen) atoms. The van der Waals surface area contributed by atoms with Gasteiger partial charge in [0.15, 0.2) is 0 Å². The summed E-state index contributed by atoms with van der Waals surface area (Å²) in [5.74, 6) is 1.73. The topological polar surface area (TPSA) is 52.6 Å². The fourth-order valence-electron chi connectivity index (χ4n) is 4.99. The van der Waals surface area contributed by atoms with Crippen LogP contribution in [-0.2, 0) is 9.59 Å². The van der Waals surface area contributed by atoms with Gasteiger partial charge in [0.1, 0.15) is 24.1 Å². The van der Waals surface area contributed by atoms with Gasteiger partial charge in [0.05, 0.1) is 13.2 Å². The molecule has 4 heteroatoms. The number of unbranched alkanes of at least 4 members (excludes halogenated alkanes) is 8. The number of fused-ring (bicyclic) bond motifs is 2. The summed E-state index contributed by atoms with van der Waals surface area (Å²) in [6.07, 6.45) is 11.2. The molecule has 0 saturated heterocycles. The summed E-state index contributed by atoms with van der Waals surface area (Å²) in [7, 11) is 0. The van der Waals surface area contributed by atoms with E-state index in [9.17, 15) is 9.59 Å². The second kappa shape index (κ2) is 14.9. The molecule has 0 aliphatic carbocycles. The highest BCUT2D eigenvalue weighted by atomic mass is 16.5. The molecule has 4 aromatic rings. The summed E-state index contributed by atoms with van der Waals surface area (Å²) in [4.78, 5) is 21.1. The second-order valence-electron chi connectivity index (χ2n) is 9.76. The number of ether oxygens (including phenoxy) is 2. The molecule has 0 aliphatic heterocycles. The van der Waals surface area contributed by atoms with E-state index < -0.39 is 0 Å². The Morgan fingerprint density at radius 2 is 0.895 bits per heavy atom. The lowest BCUT2D eigenvalue weighted by molar-refractivity contribution is -0.108. The van der Waals surface area contributed by atoms with E-state index >= 15 is 0 Å². The van der Waals surface area contributed by atoms with E-state index in [1.807, 2.05) is 0 Å². The Morgan fingerprint density at radius 3 is 1.34 bits per heavy atom. The van der Waals surface area contributed by atoms with Crippen molar-refractivity contribution in [2.75, 3.05) is 13.2 Å². The van der Waals surface area contributed by atoms with Gasteiger partial charge in [-0.1, -0.05) is 86.3 Å². The molecule has 0 fully saturated rings. The third-order valence-corrected chi connectivity index (χ3v) is 6.98. The molecular formula is C34H38O4. The molecule has 0 spiro atoms. The summed E-state index contributed by atoms with van der Waals surface area (Å²) >= 11 is 0. The SMILES string of the molecule is O=CCCCCCCOc1ccc2ccccc2c1-c1c(OCCCCCCC=O)ccc2ccccc12. The molecule has 0 unspecified atom stereocenters. The average molecular weight is 511 g/mol. The van der Waals surface area contributed by atoms with Crippen LogP contribution in [0.2, 0.25) is 0 Å². The molecule has 0 saturated carbocycles. The predicted octanol–water partition coefficient (Wildman–Crippen LogP) is 8.72. The van der Waals surface area contributed by atoms with Crippen molar-refractivity contribution >= 4 is 34.1 Å². The summed E-state index contributed by atoms with van der Waals surface area (Å²) in [6.45, 7) is 1.27. The molecule has 0 atom stereocenters. The maximum Gasteiger partial charge on any atom is 0.127 e. The first kappa shape index (κ1) is 27.4. The van der Waals surface area contributed by atoms with Gasteiger partial charge in [-0.05, 0) is 59.4 Å². The zero-order valence-corrected chi connectivity index (χ0v) is 22.2. The molecule has 0 aliphatic rings. The van der Waals surface area contributed by atoms with E-state index in [-0.39, 0.29) is 0 Å². The summed E-state index contributed by atoms with van der Waals surface area (Å²) < 4.78 is 12.9. The largest absolute Gasteiger partial charge is 0.493 e. The van der Waals surface area contributed by atoms with Crippen LogP contribution < -0.4 is 9.47 Å². The Labute approximate surface area is 226 Å². The molecule has 0 N–H and O–H groups in total. The molecule has 4 rings (SSSR count). The lowest BCUT2D eigenvalue weighted by Gasteiger charge is -2.20. The molecule has 0 amide bonds. The van der Waals surface area contributed by atoms with E-state index in [1.165, 1.54) is 0 Å². The van der Waals surface area contributed by atoms with Crippen LogP contribution >= 0.6 is 0 Å². The van der Waals surface area contributed by atoms with Crippen LogP contribution in [-0.4, -0.2) is 25.8 Å². The van der Waals surface area contributed by atoms with Crippen LogP contribution in [0.15, 0.2) is 72.8 Å². The summed E-state index contributed by atoms with van der Waals surface area (Å²) in [5, 5.41) is 4.62. The van der Waals surface area contributed by atoms with Gasteiger partial charge in [0.2, 0.25) is 0 Å². The zero-order valence-electron chi connectivity index (χ0n) is 22.2. The highest BCUT2D eigenvalue weighted by Crippen LogP contribution is 2.45. The van der Waals surface area contributed by atoms with Crippen molar-refractivity contribution in [1.29, 1.82) is 0 Å². The van der Waals surface area contributed by atoms with Gasteiger partial charge in [0, 0.05) is 24.0 Å². The van der Waals surface area contributed by atoms with Crippen molar-refractivity contribution in [1.82, 2.24) is 0 Å². The molecule has 0 radical (unpaired) electrons. The van der Waals surface area contributed by atoms with Crippen molar-refractivity contribution in [2.24, 2.45) is 0 Å². The van der Waals surface area contributed by atoms with Crippen LogP contribution in [0.4, 0.5) is 0 Å². The standard InChI is InChI=1S/C34H38O4/c35-23-11-3-1-5-13-25-37-31-21-19-27-15-7-9-17-29(27)33(31)34-30-18-10-8-16-28(30)20-22-32(34)38-26-14-6-2-4-12-24-36/h7-10,15-24H,1-6,11-14,25-26H2. The molecule has 0 heterocycles. The maximum atomic E-state index is 10.6. The first-order valence-corrected chi connectivity index (χ1v) is 14.0. The van der Waals surface area contributed by atoms with E-state index in [4.69, 9.17) is 9.47 Å². The second-order valence-corrected chi connectivity index (χ2v) is 9.76. The van der Waals surface area contributed by atoms with E-state index in [0.717, 1.165) is 108 Å². The number of carbonyl (C=O) groups is 2. The van der Waals surface area contributed by atoms with Crippen LogP contribution in [0.25, 0.3) is 32.7 Å². The van der Waals surface area contributed by atoms with Crippen molar-refractivity contribution < 1.29 is 19.1 Å². The molecule has 198 valence electrons. The average Bonchev–Trinajstić information content (AvgIpc) is 2.96. The van der Waals surface area contributed by atoms with Crippen LogP contribution in [0.1, 0.15) is 64.2 Å². The Bertz CT molecular complexity index is 1220. The summed E-state index contributed by atoms with van der Waals surface area (Å²) in [5.41, 5.74) is 2.14. The van der Waals surface area contributed by atoms with Gasteiger partial charge >= 0.3 is 0 Å². The third kappa shape index (κ3) is 7.22. The number of carbonyl (C=O) groups excluding carboxylic acids is 2. The first-order chi connectivity index (χ1) is 18.8. The highest BCUT2D eigenvalue weighted by Gasteiger charge is 2.19. The minimum absolute atomic E-state index is 0.633. The monoisotopic (exact) mass is 510 g/mol. The molecule has 4 aromatic carbocycles. The number of rotatable bonds is 17. The minimum Gasteiger partial charge on any atom is -0.493 e. The Morgan fingerprint density at radius 1 is 0.474 bits per heavy atom. The van der Waals surface area contributed by atoms with E-state index in [1.54, 1.807) is 0 Å². The molecule has 4 nitrogen and oxygen atoms in total. The smallest absolute Gasteiger partial charge is 0.127 e. The third-order valence-electron chi connectivity index (χ3n) is 6.98. The van der Waals surface area contributed by atoms with Crippen molar-refractivity contribution in [2.45, 2.75) is 64.2 Å². The Kier molecular flexibility index (Phi) is 10.8. The van der Waals surface area contributed by atoms with Crippen molar-refractivity contribution in [3.8, 4) is 22.6 Å². The van der Waals surface area contributed by atoms with E-state index in [2.05, 4.69) is 72.8 Å². The van der Waals surface area contributed by atoms with Crippen LogP contribution in [0, 0.1) is 0 Å². The van der Waals surface area contributed by atoms with Gasteiger partial charge in [-0.25, -0.2) is 0 Å². The lowest BCUT2D eigenvalue weighted by Crippen LogP contribution is -2.02. The maximum absolute atomic E-state index is 10.6. The quantitative estimate of drug-likeness (QED) is 0.105. The first-order valence-electron chi connectivity index (χ1n) is 14.0. The number of hydrogen-bond donors (Lipinski definition) is 0. The Balaban J connectivity index is 1.64. The van der Waals surface area contributed by atoms with Gasteiger partial charge in [-0.3, -0.25) is 0 Å². The fraction of sp³-hybridized carbons (Fsp3) is 0.353. The molecular weight excluding hydrogens is 472 g/mol.